The second-order valence-corrected chi connectivity index (χ2v) is 4.32. The molecule has 0 bridgehead atoms. The molecule has 1 heterocycles. The maximum absolute atomic E-state index is 5.61. The lowest BCUT2D eigenvalue weighted by molar-refractivity contribution is 0.105. The molecule has 0 spiro atoms. The van der Waals surface area contributed by atoms with E-state index in [1.54, 1.807) is 7.11 Å². The standard InChI is InChI=1S/C12H24N4O/c1-4-8-16-9-7-14-12(16)11(15-13)6-5-10(2)17-3/h7,9-11,15H,4-6,8,13H2,1-3H3. The Kier molecular flexibility index (Phi) is 6.18. The molecule has 0 saturated carbocycles. The fourth-order valence-electron chi connectivity index (χ4n) is 1.87. The van der Waals surface area contributed by atoms with Crippen LogP contribution in [0.5, 0.6) is 0 Å². The number of aryl methyl sites for hydroxylation is 1. The van der Waals surface area contributed by atoms with E-state index in [4.69, 9.17) is 10.6 Å². The Labute approximate surface area is 103 Å². The summed E-state index contributed by atoms with van der Waals surface area (Å²) in [6.45, 7) is 5.20. The average Bonchev–Trinajstić information content (AvgIpc) is 2.78. The first-order chi connectivity index (χ1) is 8.22. The average molecular weight is 240 g/mol. The second-order valence-electron chi connectivity index (χ2n) is 4.32. The molecule has 5 heteroatoms. The SMILES string of the molecule is CCCn1ccnc1C(CCC(C)OC)NN. The predicted molar refractivity (Wildman–Crippen MR) is 68.3 cm³/mol. The van der Waals surface area contributed by atoms with Crippen LogP contribution in [0.3, 0.4) is 0 Å². The summed E-state index contributed by atoms with van der Waals surface area (Å²) in [6, 6.07) is 0.0918. The number of hydrogen-bond acceptors (Lipinski definition) is 4. The van der Waals surface area contributed by atoms with E-state index in [1.165, 1.54) is 0 Å². The summed E-state index contributed by atoms with van der Waals surface area (Å²) < 4.78 is 7.40. The highest BCUT2D eigenvalue weighted by molar-refractivity contribution is 4.99. The quantitative estimate of drug-likeness (QED) is 0.535. The Morgan fingerprint density at radius 2 is 2.29 bits per heavy atom. The zero-order chi connectivity index (χ0) is 12.7. The van der Waals surface area contributed by atoms with E-state index in [9.17, 15) is 0 Å². The van der Waals surface area contributed by atoms with Gasteiger partial charge < -0.3 is 9.30 Å². The number of nitrogens with zero attached hydrogens (tertiary/aromatic N) is 2. The molecule has 0 aliphatic carbocycles. The molecule has 17 heavy (non-hydrogen) atoms. The molecule has 0 fully saturated rings. The zero-order valence-corrected chi connectivity index (χ0v) is 11.0. The van der Waals surface area contributed by atoms with Crippen LogP contribution in [0, 0.1) is 0 Å². The van der Waals surface area contributed by atoms with Crippen molar-refractivity contribution in [3.63, 3.8) is 0 Å². The van der Waals surface area contributed by atoms with E-state index in [-0.39, 0.29) is 12.1 Å². The van der Waals surface area contributed by atoms with Gasteiger partial charge in [0, 0.05) is 26.0 Å². The van der Waals surface area contributed by atoms with Gasteiger partial charge in [-0.25, -0.2) is 10.4 Å². The summed E-state index contributed by atoms with van der Waals surface area (Å²) in [6.07, 6.45) is 7.06. The van der Waals surface area contributed by atoms with Gasteiger partial charge in [-0.3, -0.25) is 5.84 Å². The molecule has 0 saturated heterocycles. The predicted octanol–water partition coefficient (Wildman–Crippen LogP) is 1.61. The van der Waals surface area contributed by atoms with Crippen molar-refractivity contribution in [3.8, 4) is 0 Å². The van der Waals surface area contributed by atoms with Gasteiger partial charge in [0.25, 0.3) is 0 Å². The van der Waals surface area contributed by atoms with Crippen molar-refractivity contribution in [1.29, 1.82) is 0 Å². The summed E-state index contributed by atoms with van der Waals surface area (Å²) in [5.41, 5.74) is 2.84. The van der Waals surface area contributed by atoms with Gasteiger partial charge in [-0.1, -0.05) is 6.92 Å². The minimum absolute atomic E-state index is 0.0918. The van der Waals surface area contributed by atoms with Crippen molar-refractivity contribution in [2.45, 2.75) is 51.8 Å². The van der Waals surface area contributed by atoms with Crippen LogP contribution in [0.2, 0.25) is 0 Å². The van der Waals surface area contributed by atoms with Crippen LogP contribution in [0.25, 0.3) is 0 Å². The van der Waals surface area contributed by atoms with Crippen molar-refractivity contribution < 1.29 is 4.74 Å². The minimum Gasteiger partial charge on any atom is -0.382 e. The van der Waals surface area contributed by atoms with Gasteiger partial charge in [0.1, 0.15) is 5.82 Å². The Bertz CT molecular complexity index is 313. The molecule has 0 amide bonds. The summed E-state index contributed by atoms with van der Waals surface area (Å²) in [5.74, 6) is 6.62. The van der Waals surface area contributed by atoms with Crippen LogP contribution >= 0.6 is 0 Å². The Hall–Kier alpha value is -0.910. The molecule has 1 aromatic heterocycles. The summed E-state index contributed by atoms with van der Waals surface area (Å²) >= 11 is 0. The number of methoxy groups -OCH3 is 1. The molecule has 2 unspecified atom stereocenters. The first-order valence-electron chi connectivity index (χ1n) is 6.22. The normalized spacial score (nSPS) is 14.8. The Morgan fingerprint density at radius 3 is 2.88 bits per heavy atom. The van der Waals surface area contributed by atoms with Gasteiger partial charge in [0.15, 0.2) is 0 Å². The van der Waals surface area contributed by atoms with E-state index < -0.39 is 0 Å². The van der Waals surface area contributed by atoms with Crippen molar-refractivity contribution in [3.05, 3.63) is 18.2 Å². The van der Waals surface area contributed by atoms with E-state index in [0.717, 1.165) is 31.6 Å². The maximum atomic E-state index is 5.61. The molecule has 98 valence electrons. The highest BCUT2D eigenvalue weighted by Crippen LogP contribution is 2.18. The Balaban J connectivity index is 2.62. The number of ether oxygens (including phenoxy) is 1. The third-order valence-electron chi connectivity index (χ3n) is 2.99. The molecule has 0 aliphatic rings. The van der Waals surface area contributed by atoms with Crippen molar-refractivity contribution in [2.24, 2.45) is 5.84 Å². The van der Waals surface area contributed by atoms with E-state index in [2.05, 4.69) is 28.8 Å². The van der Waals surface area contributed by atoms with E-state index in [1.807, 2.05) is 12.4 Å². The third-order valence-corrected chi connectivity index (χ3v) is 2.99. The number of aromatic nitrogens is 2. The summed E-state index contributed by atoms with van der Waals surface area (Å²) in [4.78, 5) is 4.39. The first kappa shape index (κ1) is 14.2. The summed E-state index contributed by atoms with van der Waals surface area (Å²) in [7, 11) is 1.73. The lowest BCUT2D eigenvalue weighted by atomic mass is 10.1. The smallest absolute Gasteiger partial charge is 0.127 e. The highest BCUT2D eigenvalue weighted by atomic mass is 16.5. The molecule has 5 nitrogen and oxygen atoms in total. The lowest BCUT2D eigenvalue weighted by Gasteiger charge is -2.18. The van der Waals surface area contributed by atoms with Crippen LogP contribution in [-0.2, 0) is 11.3 Å². The third kappa shape index (κ3) is 4.11. The van der Waals surface area contributed by atoms with Gasteiger partial charge in [-0.05, 0) is 26.2 Å². The largest absolute Gasteiger partial charge is 0.382 e. The van der Waals surface area contributed by atoms with Crippen LogP contribution in [-0.4, -0.2) is 22.8 Å². The van der Waals surface area contributed by atoms with Gasteiger partial charge in [0.2, 0.25) is 0 Å². The van der Waals surface area contributed by atoms with Crippen LogP contribution in [0.15, 0.2) is 12.4 Å². The molecule has 0 aliphatic heterocycles. The molecular weight excluding hydrogens is 216 g/mol. The molecule has 0 radical (unpaired) electrons. The fourth-order valence-corrected chi connectivity index (χ4v) is 1.87. The van der Waals surface area contributed by atoms with Gasteiger partial charge in [-0.2, -0.15) is 0 Å². The second kappa shape index (κ2) is 7.42. The monoisotopic (exact) mass is 240 g/mol. The lowest BCUT2D eigenvalue weighted by Crippen LogP contribution is -2.31. The van der Waals surface area contributed by atoms with Crippen molar-refractivity contribution in [2.75, 3.05) is 7.11 Å². The van der Waals surface area contributed by atoms with Crippen molar-refractivity contribution in [1.82, 2.24) is 15.0 Å². The number of imidazole rings is 1. The maximum Gasteiger partial charge on any atom is 0.127 e. The fraction of sp³-hybridized carbons (Fsp3) is 0.750. The molecule has 1 aromatic rings. The van der Waals surface area contributed by atoms with Crippen LogP contribution in [0.4, 0.5) is 0 Å². The topological polar surface area (TPSA) is 65.1 Å². The molecule has 0 aromatic carbocycles. The number of nitrogens with one attached hydrogen (secondary N) is 1. The number of nitrogens with two attached hydrogens (primary N) is 1. The zero-order valence-electron chi connectivity index (χ0n) is 11.0. The van der Waals surface area contributed by atoms with E-state index >= 15 is 0 Å². The number of hydrazine groups is 1. The van der Waals surface area contributed by atoms with Gasteiger partial charge >= 0.3 is 0 Å². The summed E-state index contributed by atoms with van der Waals surface area (Å²) in [5, 5.41) is 0. The first-order valence-corrected chi connectivity index (χ1v) is 6.22. The number of hydrogen-bond donors (Lipinski definition) is 2. The Morgan fingerprint density at radius 1 is 1.53 bits per heavy atom. The molecule has 2 atom stereocenters. The number of rotatable bonds is 8. The molecule has 1 rings (SSSR count). The van der Waals surface area contributed by atoms with Crippen molar-refractivity contribution >= 4 is 0 Å². The van der Waals surface area contributed by atoms with Gasteiger partial charge in [-0.15, -0.1) is 0 Å². The van der Waals surface area contributed by atoms with Crippen LogP contribution < -0.4 is 11.3 Å². The van der Waals surface area contributed by atoms with Crippen LogP contribution in [0.1, 0.15) is 45.0 Å². The highest BCUT2D eigenvalue weighted by Gasteiger charge is 2.16. The molecular formula is C12H24N4O. The minimum atomic E-state index is 0.0918. The van der Waals surface area contributed by atoms with Gasteiger partial charge in [0.05, 0.1) is 12.1 Å². The van der Waals surface area contributed by atoms with E-state index in [0.29, 0.717) is 0 Å². The molecule has 3 N–H and O–H groups in total.